The van der Waals surface area contributed by atoms with Crippen molar-refractivity contribution in [2.45, 2.75) is 27.4 Å². The van der Waals surface area contributed by atoms with E-state index in [0.29, 0.717) is 46.7 Å². The van der Waals surface area contributed by atoms with Gasteiger partial charge in [-0.3, -0.25) is 0 Å². The molecule has 0 saturated heterocycles. The maximum absolute atomic E-state index is 12.7. The number of carbonyl (C=O) groups is 1. The lowest BCUT2D eigenvalue weighted by Crippen LogP contribution is -2.09. The summed E-state index contributed by atoms with van der Waals surface area (Å²) in [6, 6.07) is 12.7. The van der Waals surface area contributed by atoms with E-state index in [-0.39, 0.29) is 12.3 Å². The summed E-state index contributed by atoms with van der Waals surface area (Å²) in [7, 11) is 3.17. The fourth-order valence-electron chi connectivity index (χ4n) is 3.45. The maximum atomic E-state index is 12.7. The number of rotatable bonds is 9. The number of esters is 1. The van der Waals surface area contributed by atoms with E-state index in [4.69, 9.17) is 23.4 Å². The van der Waals surface area contributed by atoms with E-state index >= 15 is 0 Å². The van der Waals surface area contributed by atoms with E-state index in [1.165, 1.54) is 0 Å². The van der Waals surface area contributed by atoms with Crippen LogP contribution in [0.15, 0.2) is 46.9 Å². The number of hydrogen-bond donors (Lipinski definition) is 0. The van der Waals surface area contributed by atoms with Crippen LogP contribution in [0, 0.1) is 13.8 Å². The topological polar surface area (TPSA) is 111 Å². The van der Waals surface area contributed by atoms with Gasteiger partial charge < -0.3 is 23.4 Å². The first kappa shape index (κ1) is 23.8. The third-order valence-corrected chi connectivity index (χ3v) is 5.35. The van der Waals surface area contributed by atoms with Crippen molar-refractivity contribution < 1.29 is 28.2 Å². The van der Waals surface area contributed by atoms with Crippen molar-refractivity contribution in [3.05, 3.63) is 65.3 Å². The van der Waals surface area contributed by atoms with Crippen LogP contribution >= 0.6 is 0 Å². The molecule has 2 aromatic carbocycles. The van der Waals surface area contributed by atoms with Crippen LogP contribution in [-0.2, 0) is 11.3 Å². The van der Waals surface area contributed by atoms with Crippen molar-refractivity contribution in [1.29, 1.82) is 0 Å². The monoisotopic (exact) mass is 478 g/mol. The summed E-state index contributed by atoms with van der Waals surface area (Å²) in [5.74, 6) is 2.25. The fraction of sp³-hybridized carbons (Fsp3) is 0.280. The normalized spacial score (nSPS) is 10.8. The molecule has 0 spiro atoms. The molecule has 0 fully saturated rings. The van der Waals surface area contributed by atoms with Crippen molar-refractivity contribution in [3.63, 3.8) is 0 Å². The summed E-state index contributed by atoms with van der Waals surface area (Å²) in [5.41, 5.74) is 2.64. The van der Waals surface area contributed by atoms with Crippen molar-refractivity contribution in [3.8, 4) is 34.4 Å². The van der Waals surface area contributed by atoms with Gasteiger partial charge in [-0.15, -0.1) is 5.10 Å². The lowest BCUT2D eigenvalue weighted by molar-refractivity contribution is 0.0459. The molecule has 2 heterocycles. The van der Waals surface area contributed by atoms with Crippen molar-refractivity contribution in [2.75, 3.05) is 20.8 Å². The van der Waals surface area contributed by atoms with Gasteiger partial charge in [0.2, 0.25) is 5.89 Å². The zero-order chi connectivity index (χ0) is 24.9. The van der Waals surface area contributed by atoms with E-state index in [1.807, 2.05) is 25.1 Å². The lowest BCUT2D eigenvalue weighted by Gasteiger charge is -2.09. The van der Waals surface area contributed by atoms with Crippen molar-refractivity contribution in [1.82, 2.24) is 20.0 Å². The number of benzene rings is 2. The molecule has 10 nitrogen and oxygen atoms in total. The van der Waals surface area contributed by atoms with Crippen LogP contribution in [0.4, 0.5) is 0 Å². The SMILES string of the molecule is CCOc1ccc(-c2nc(COC(=O)c3nnn(-c4ccc(OC)cc4)c3C)c(C)o2)cc1OC. The average molecular weight is 479 g/mol. The van der Waals surface area contributed by atoms with Crippen LogP contribution in [0.2, 0.25) is 0 Å². The second kappa shape index (κ2) is 10.3. The largest absolute Gasteiger partial charge is 0.497 e. The average Bonchev–Trinajstić information content (AvgIpc) is 3.45. The molecule has 4 rings (SSSR count). The second-order valence-electron chi connectivity index (χ2n) is 7.53. The van der Waals surface area contributed by atoms with Gasteiger partial charge in [0.15, 0.2) is 17.2 Å². The highest BCUT2D eigenvalue weighted by atomic mass is 16.5. The first-order chi connectivity index (χ1) is 16.9. The third kappa shape index (κ3) is 4.96. The number of methoxy groups -OCH3 is 2. The molecule has 0 N–H and O–H groups in total. The molecule has 35 heavy (non-hydrogen) atoms. The Morgan fingerprint density at radius 2 is 1.80 bits per heavy atom. The van der Waals surface area contributed by atoms with E-state index in [2.05, 4.69) is 15.3 Å². The van der Waals surface area contributed by atoms with Gasteiger partial charge >= 0.3 is 5.97 Å². The summed E-state index contributed by atoms with van der Waals surface area (Å²) in [6.45, 7) is 5.86. The summed E-state index contributed by atoms with van der Waals surface area (Å²) in [4.78, 5) is 17.2. The van der Waals surface area contributed by atoms with E-state index in [0.717, 1.165) is 11.4 Å². The standard InChI is InChI=1S/C25H26N4O6/c1-6-33-21-12-7-17(13-22(21)32-5)24-26-20(16(3)35-24)14-34-25(30)23-15(2)29(28-27-23)18-8-10-19(31-4)11-9-18/h7-13H,6,14H2,1-5H3. The molecule has 0 atom stereocenters. The molecule has 0 amide bonds. The molecule has 4 aromatic rings. The molecular formula is C25H26N4O6. The van der Waals surface area contributed by atoms with Crippen LogP contribution in [0.3, 0.4) is 0 Å². The highest BCUT2D eigenvalue weighted by Crippen LogP contribution is 2.33. The minimum atomic E-state index is -0.603. The predicted molar refractivity (Wildman–Crippen MR) is 126 cm³/mol. The highest BCUT2D eigenvalue weighted by Gasteiger charge is 2.21. The maximum Gasteiger partial charge on any atom is 0.361 e. The molecule has 0 aliphatic carbocycles. The van der Waals surface area contributed by atoms with Crippen molar-refractivity contribution in [2.24, 2.45) is 0 Å². The Morgan fingerprint density at radius 1 is 1.03 bits per heavy atom. The summed E-state index contributed by atoms with van der Waals surface area (Å²) in [5, 5.41) is 8.09. The fourth-order valence-corrected chi connectivity index (χ4v) is 3.45. The number of aromatic nitrogens is 4. The minimum Gasteiger partial charge on any atom is -0.497 e. The Morgan fingerprint density at radius 3 is 2.49 bits per heavy atom. The van der Waals surface area contributed by atoms with Gasteiger partial charge in [0.25, 0.3) is 0 Å². The Hall–Kier alpha value is -4.34. The predicted octanol–water partition coefficient (Wildman–Crippen LogP) is 4.31. The number of nitrogens with zero attached hydrogens (tertiary/aromatic N) is 4. The molecule has 0 bridgehead atoms. The van der Waals surface area contributed by atoms with E-state index < -0.39 is 5.97 Å². The number of ether oxygens (including phenoxy) is 4. The number of oxazole rings is 1. The summed E-state index contributed by atoms with van der Waals surface area (Å²) in [6.07, 6.45) is 0. The van der Waals surface area contributed by atoms with Gasteiger partial charge in [0.1, 0.15) is 23.8 Å². The molecule has 0 aliphatic heterocycles. The lowest BCUT2D eigenvalue weighted by atomic mass is 10.2. The molecular weight excluding hydrogens is 452 g/mol. The molecule has 0 radical (unpaired) electrons. The molecule has 10 heteroatoms. The summed E-state index contributed by atoms with van der Waals surface area (Å²) < 4.78 is 29.0. The van der Waals surface area contributed by atoms with Crippen LogP contribution < -0.4 is 14.2 Å². The number of carbonyl (C=O) groups excluding carboxylic acids is 1. The third-order valence-electron chi connectivity index (χ3n) is 5.35. The first-order valence-electron chi connectivity index (χ1n) is 11.0. The van der Waals surface area contributed by atoms with Gasteiger partial charge in [0, 0.05) is 5.56 Å². The van der Waals surface area contributed by atoms with Crippen LogP contribution in [0.25, 0.3) is 17.1 Å². The summed E-state index contributed by atoms with van der Waals surface area (Å²) >= 11 is 0. The van der Waals surface area contributed by atoms with Gasteiger partial charge in [-0.05, 0) is 63.2 Å². The Kier molecular flexibility index (Phi) is 7.00. The molecule has 0 unspecified atom stereocenters. The van der Waals surface area contributed by atoms with Gasteiger partial charge in [0.05, 0.1) is 32.2 Å². The van der Waals surface area contributed by atoms with Crippen LogP contribution in [0.5, 0.6) is 17.2 Å². The van der Waals surface area contributed by atoms with E-state index in [9.17, 15) is 4.79 Å². The van der Waals surface area contributed by atoms with Gasteiger partial charge in [-0.1, -0.05) is 5.21 Å². The second-order valence-corrected chi connectivity index (χ2v) is 7.53. The van der Waals surface area contributed by atoms with Crippen LogP contribution in [-0.4, -0.2) is 46.8 Å². The quantitative estimate of drug-likeness (QED) is 0.325. The highest BCUT2D eigenvalue weighted by molar-refractivity contribution is 5.88. The Bertz CT molecular complexity index is 1330. The van der Waals surface area contributed by atoms with Crippen LogP contribution in [0.1, 0.15) is 34.6 Å². The van der Waals surface area contributed by atoms with E-state index in [1.54, 1.807) is 57.0 Å². The molecule has 0 aliphatic rings. The van der Waals surface area contributed by atoms with Gasteiger partial charge in [-0.2, -0.15) is 0 Å². The minimum absolute atomic E-state index is 0.0723. The number of hydrogen-bond acceptors (Lipinski definition) is 9. The Balaban J connectivity index is 1.47. The number of aryl methyl sites for hydroxylation is 1. The Labute approximate surface area is 202 Å². The zero-order valence-corrected chi connectivity index (χ0v) is 20.2. The smallest absolute Gasteiger partial charge is 0.361 e. The molecule has 2 aromatic heterocycles. The van der Waals surface area contributed by atoms with Gasteiger partial charge in [-0.25, -0.2) is 14.5 Å². The van der Waals surface area contributed by atoms with Crippen molar-refractivity contribution >= 4 is 5.97 Å². The molecule has 0 saturated carbocycles. The molecule has 182 valence electrons. The zero-order valence-electron chi connectivity index (χ0n) is 20.2. The first-order valence-corrected chi connectivity index (χ1v) is 11.0.